The van der Waals surface area contributed by atoms with Crippen molar-refractivity contribution >= 4 is 13.7 Å². The number of carbonyl (C=O) groups excluding carboxylic acids is 1. The summed E-state index contributed by atoms with van der Waals surface area (Å²) in [5.41, 5.74) is 0. The second kappa shape index (κ2) is 53.7. The fraction of sp³-hybridized carbons (Fsp3) is 0.672. The molecule has 0 aliphatic heterocycles. The van der Waals surface area contributed by atoms with Crippen LogP contribution in [-0.2, 0) is 18.4 Å². The lowest BCUT2D eigenvalue weighted by molar-refractivity contribution is -0.870. The van der Waals surface area contributed by atoms with Gasteiger partial charge >= 0.3 is 7.82 Å². The van der Waals surface area contributed by atoms with Gasteiger partial charge in [0.1, 0.15) is 13.2 Å². The molecule has 0 aromatic carbocycles. The Balaban J connectivity index is 4.12. The Morgan fingerprint density at radius 1 is 0.479 bits per heavy atom. The van der Waals surface area contributed by atoms with Crippen molar-refractivity contribution in [3.8, 4) is 0 Å². The van der Waals surface area contributed by atoms with Crippen LogP contribution >= 0.6 is 7.82 Å². The van der Waals surface area contributed by atoms with E-state index in [4.69, 9.17) is 9.05 Å². The summed E-state index contributed by atoms with van der Waals surface area (Å²) < 4.78 is 23.6. The quantitative estimate of drug-likeness (QED) is 0.0243. The van der Waals surface area contributed by atoms with Crippen LogP contribution in [0.1, 0.15) is 226 Å². The minimum absolute atomic E-state index is 0.0507. The summed E-state index contributed by atoms with van der Waals surface area (Å²) in [6.07, 6.45) is 80.2. The predicted molar refractivity (Wildman–Crippen MR) is 318 cm³/mol. The first-order chi connectivity index (χ1) is 35.5. The van der Waals surface area contributed by atoms with Crippen molar-refractivity contribution in [1.29, 1.82) is 0 Å². The van der Waals surface area contributed by atoms with E-state index in [1.165, 1.54) is 116 Å². The number of hydrogen-bond acceptors (Lipinski definition) is 5. The van der Waals surface area contributed by atoms with Crippen LogP contribution in [0, 0.1) is 0 Å². The van der Waals surface area contributed by atoms with E-state index in [2.05, 4.69) is 129 Å². The third-order valence-electron chi connectivity index (χ3n) is 12.4. The molecule has 418 valence electrons. The van der Waals surface area contributed by atoms with Crippen molar-refractivity contribution < 1.29 is 32.9 Å². The average Bonchev–Trinajstić information content (AvgIpc) is 3.35. The minimum Gasteiger partial charge on any atom is -0.387 e. The van der Waals surface area contributed by atoms with Gasteiger partial charge < -0.3 is 19.8 Å². The normalized spacial score (nSPS) is 14.8. The zero-order valence-corrected chi connectivity index (χ0v) is 48.5. The van der Waals surface area contributed by atoms with Crippen molar-refractivity contribution in [2.75, 3.05) is 40.9 Å². The Morgan fingerprint density at radius 2 is 0.836 bits per heavy atom. The highest BCUT2D eigenvalue weighted by Gasteiger charge is 2.27. The fourth-order valence-corrected chi connectivity index (χ4v) is 8.57. The molecule has 8 nitrogen and oxygen atoms in total. The summed E-state index contributed by atoms with van der Waals surface area (Å²) in [6, 6.07) is -0.871. The molecule has 3 N–H and O–H groups in total. The third kappa shape index (κ3) is 56.5. The van der Waals surface area contributed by atoms with Crippen LogP contribution in [0.25, 0.3) is 0 Å². The Bertz CT molecular complexity index is 1600. The van der Waals surface area contributed by atoms with Crippen LogP contribution in [0.15, 0.2) is 122 Å². The number of hydrogen-bond donors (Lipinski definition) is 3. The number of nitrogens with one attached hydrogen (secondary N) is 1. The van der Waals surface area contributed by atoms with Crippen LogP contribution in [0.5, 0.6) is 0 Å². The first kappa shape index (κ1) is 69.9. The van der Waals surface area contributed by atoms with Gasteiger partial charge in [0.05, 0.1) is 39.9 Å². The maximum absolute atomic E-state index is 13.0. The van der Waals surface area contributed by atoms with Gasteiger partial charge in [0, 0.05) is 6.42 Å². The van der Waals surface area contributed by atoms with Gasteiger partial charge in [0.15, 0.2) is 0 Å². The van der Waals surface area contributed by atoms with Crippen LogP contribution in [0.2, 0.25) is 0 Å². The Kier molecular flexibility index (Phi) is 51.4. The van der Waals surface area contributed by atoms with Gasteiger partial charge in [-0.25, -0.2) is 4.57 Å². The molecule has 3 unspecified atom stereocenters. The van der Waals surface area contributed by atoms with Crippen molar-refractivity contribution in [1.82, 2.24) is 5.32 Å². The van der Waals surface area contributed by atoms with Gasteiger partial charge in [-0.05, 0) is 96.3 Å². The summed E-state index contributed by atoms with van der Waals surface area (Å²) in [4.78, 5) is 23.3. The molecule has 3 atom stereocenters. The standard InChI is InChI=1S/C64H111N2O6P/c1-6-8-10-12-14-16-18-20-22-23-24-25-26-27-28-29-30-31-32-33-34-35-36-37-38-39-40-41-42-43-44-46-48-50-52-54-56-58-64(68)65-62(61-72-73(69,70)71-60-59-66(3,4)5)63(67)57-55-53-51-49-47-45-21-19-17-15-13-11-9-7-2/h8,10,14,16,20,22,24-25,27-28,30-31,33-34,36-37,47,49,55,57,62-63,67H,6-7,9,11-13,15,17-19,21,23,26,29,32,35,38-46,48,50-54,56,58-61H2,1-5H3,(H-,65,68,69,70)/p+1/b10-8-,16-14-,22-20-,25-24-,28-27-,31-30-,34-33-,37-36-,49-47+,57-55+. The number of carbonyl (C=O) groups is 1. The number of amides is 1. The van der Waals surface area contributed by atoms with E-state index in [9.17, 15) is 19.4 Å². The summed E-state index contributed by atoms with van der Waals surface area (Å²) >= 11 is 0. The molecule has 73 heavy (non-hydrogen) atoms. The van der Waals surface area contributed by atoms with Crippen LogP contribution in [0.3, 0.4) is 0 Å². The molecule has 0 saturated carbocycles. The summed E-state index contributed by atoms with van der Waals surface area (Å²) in [5.74, 6) is -0.194. The minimum atomic E-state index is -4.36. The largest absolute Gasteiger partial charge is 0.472 e. The number of rotatable bonds is 52. The fourth-order valence-electron chi connectivity index (χ4n) is 7.84. The molecule has 0 spiro atoms. The topological polar surface area (TPSA) is 105 Å². The van der Waals surface area contributed by atoms with E-state index in [0.717, 1.165) is 89.9 Å². The number of phosphoric ester groups is 1. The SMILES string of the molecule is CC/C=C\C/C=C\C/C=C\C/C=C\C/C=C\C/C=C\C/C=C\C/C=C\CCCCCCCCCCCCCCC(=O)NC(COP(=O)(O)OCC[N+](C)(C)C)C(O)/C=C/CC/C=C/CCCCCCCCCC. The number of nitrogens with zero attached hydrogens (tertiary/aromatic N) is 1. The van der Waals surface area contributed by atoms with E-state index in [1.807, 2.05) is 27.2 Å². The molecular weight excluding hydrogens is 924 g/mol. The van der Waals surface area contributed by atoms with Gasteiger partial charge in [0.2, 0.25) is 5.91 Å². The highest BCUT2D eigenvalue weighted by atomic mass is 31.2. The van der Waals surface area contributed by atoms with E-state index < -0.39 is 20.0 Å². The molecular formula is C64H112N2O6P+. The first-order valence-electron chi connectivity index (χ1n) is 29.4. The first-order valence-corrected chi connectivity index (χ1v) is 30.9. The molecule has 0 radical (unpaired) electrons. The molecule has 0 fully saturated rings. The van der Waals surface area contributed by atoms with Crippen LogP contribution < -0.4 is 5.32 Å². The van der Waals surface area contributed by atoms with Crippen molar-refractivity contribution in [3.05, 3.63) is 122 Å². The van der Waals surface area contributed by atoms with Gasteiger partial charge in [-0.2, -0.15) is 0 Å². The van der Waals surface area contributed by atoms with Gasteiger partial charge in [-0.15, -0.1) is 0 Å². The van der Waals surface area contributed by atoms with Crippen molar-refractivity contribution in [2.45, 2.75) is 238 Å². The molecule has 1 amide bonds. The third-order valence-corrected chi connectivity index (χ3v) is 13.4. The molecule has 0 heterocycles. The number of quaternary nitrogens is 1. The number of likely N-dealkylation sites (N-methyl/N-ethyl adjacent to an activating group) is 1. The number of aliphatic hydroxyl groups excluding tert-OH is 1. The zero-order valence-electron chi connectivity index (χ0n) is 47.6. The molecule has 9 heteroatoms. The van der Waals surface area contributed by atoms with E-state index in [-0.39, 0.29) is 19.1 Å². The lowest BCUT2D eigenvalue weighted by atomic mass is 10.0. The monoisotopic (exact) mass is 1040 g/mol. The lowest BCUT2D eigenvalue weighted by Gasteiger charge is -2.25. The molecule has 0 rings (SSSR count). The second-order valence-corrected chi connectivity index (χ2v) is 22.1. The highest BCUT2D eigenvalue weighted by molar-refractivity contribution is 7.47. The van der Waals surface area contributed by atoms with Gasteiger partial charge in [0.25, 0.3) is 0 Å². The number of unbranched alkanes of at least 4 members (excludes halogenated alkanes) is 21. The van der Waals surface area contributed by atoms with Crippen LogP contribution in [0.4, 0.5) is 0 Å². The Hall–Kier alpha value is -3.10. The summed E-state index contributed by atoms with van der Waals surface area (Å²) in [5, 5.41) is 13.9. The lowest BCUT2D eigenvalue weighted by Crippen LogP contribution is -2.45. The van der Waals surface area contributed by atoms with E-state index in [1.54, 1.807) is 6.08 Å². The number of allylic oxidation sites excluding steroid dienone is 19. The summed E-state index contributed by atoms with van der Waals surface area (Å²) in [7, 11) is 1.54. The predicted octanol–water partition coefficient (Wildman–Crippen LogP) is 18.1. The van der Waals surface area contributed by atoms with Crippen molar-refractivity contribution in [2.24, 2.45) is 0 Å². The molecule has 0 aromatic rings. The molecule has 0 bridgehead atoms. The maximum atomic E-state index is 13.0. The number of phosphoric acid groups is 1. The van der Waals surface area contributed by atoms with Gasteiger partial charge in [-0.1, -0.05) is 245 Å². The van der Waals surface area contributed by atoms with E-state index in [0.29, 0.717) is 17.4 Å². The zero-order chi connectivity index (χ0) is 53.5. The van der Waals surface area contributed by atoms with Crippen molar-refractivity contribution in [3.63, 3.8) is 0 Å². The van der Waals surface area contributed by atoms with Crippen LogP contribution in [-0.4, -0.2) is 73.4 Å². The molecule has 0 saturated heterocycles. The van der Waals surface area contributed by atoms with Gasteiger partial charge in [-0.3, -0.25) is 13.8 Å². The molecule has 0 aromatic heterocycles. The summed E-state index contributed by atoms with van der Waals surface area (Å²) in [6.45, 7) is 4.66. The Labute approximate surface area is 450 Å². The number of aliphatic hydroxyl groups is 1. The van der Waals surface area contributed by atoms with E-state index >= 15 is 0 Å². The maximum Gasteiger partial charge on any atom is 0.472 e. The molecule has 0 aliphatic rings. The Morgan fingerprint density at radius 3 is 1.26 bits per heavy atom. The molecule has 0 aliphatic carbocycles. The highest BCUT2D eigenvalue weighted by Crippen LogP contribution is 2.43. The second-order valence-electron chi connectivity index (χ2n) is 20.6. The smallest absolute Gasteiger partial charge is 0.387 e. The average molecular weight is 1040 g/mol.